The summed E-state index contributed by atoms with van der Waals surface area (Å²) in [4.78, 5) is 8.62. The van der Waals surface area contributed by atoms with Crippen LogP contribution < -0.4 is 4.74 Å². The molecule has 6 nitrogen and oxygen atoms in total. The molecule has 0 aliphatic carbocycles. The van der Waals surface area contributed by atoms with E-state index in [0.717, 1.165) is 40.6 Å². The minimum Gasteiger partial charge on any atom is -0.470 e. The van der Waals surface area contributed by atoms with Crippen molar-refractivity contribution in [3.8, 4) is 5.88 Å². The Balaban J connectivity index is 1.63. The minimum atomic E-state index is -0.368. The second kappa shape index (κ2) is 8.06. The van der Waals surface area contributed by atoms with Crippen LogP contribution in [0.4, 0.5) is 0 Å². The molecule has 142 valence electrons. The van der Waals surface area contributed by atoms with Crippen molar-refractivity contribution in [2.45, 2.75) is 38.5 Å². The number of fused-ring (bicyclic) bond motifs is 1. The highest BCUT2D eigenvalue weighted by Gasteiger charge is 2.22. The molecule has 2 atom stereocenters. The third-order valence-corrected chi connectivity index (χ3v) is 5.84. The molecule has 3 aromatic heterocycles. The highest BCUT2D eigenvalue weighted by molar-refractivity contribution is 14.1. The first-order valence-electron chi connectivity index (χ1n) is 8.66. The van der Waals surface area contributed by atoms with Gasteiger partial charge in [0, 0.05) is 30.6 Å². The van der Waals surface area contributed by atoms with Crippen molar-refractivity contribution in [1.29, 1.82) is 0 Å². The molecular formula is C18H17Cl2IN4O2. The van der Waals surface area contributed by atoms with Crippen LogP contribution in [0.3, 0.4) is 0 Å². The van der Waals surface area contributed by atoms with E-state index in [1.54, 1.807) is 12.4 Å². The molecule has 1 fully saturated rings. The van der Waals surface area contributed by atoms with Crippen LogP contribution in [-0.4, -0.2) is 26.4 Å². The second-order valence-electron chi connectivity index (χ2n) is 6.35. The number of ether oxygens (including phenoxy) is 2. The summed E-state index contributed by atoms with van der Waals surface area (Å²) in [5, 5.41) is 5.56. The van der Waals surface area contributed by atoms with E-state index in [2.05, 4.69) is 37.7 Å². The highest BCUT2D eigenvalue weighted by Crippen LogP contribution is 2.33. The van der Waals surface area contributed by atoms with Gasteiger partial charge in [0.05, 0.1) is 15.6 Å². The Labute approximate surface area is 180 Å². The number of nitrogens with zero attached hydrogens (tertiary/aromatic N) is 4. The Kier molecular flexibility index (Phi) is 5.73. The van der Waals surface area contributed by atoms with Gasteiger partial charge in [0.2, 0.25) is 5.88 Å². The molecule has 0 amide bonds. The fourth-order valence-corrected chi connectivity index (χ4v) is 4.52. The Bertz CT molecular complexity index is 955. The predicted molar refractivity (Wildman–Crippen MR) is 112 cm³/mol. The van der Waals surface area contributed by atoms with Gasteiger partial charge in [-0.3, -0.25) is 4.98 Å². The number of aromatic nitrogens is 4. The first-order valence-corrected chi connectivity index (χ1v) is 10.5. The van der Waals surface area contributed by atoms with E-state index in [9.17, 15) is 0 Å². The van der Waals surface area contributed by atoms with Gasteiger partial charge >= 0.3 is 0 Å². The number of pyridine rings is 2. The lowest BCUT2D eigenvalue weighted by molar-refractivity contribution is -0.0368. The maximum absolute atomic E-state index is 6.22. The molecule has 0 saturated carbocycles. The molecule has 9 heteroatoms. The topological polar surface area (TPSA) is 62.1 Å². The van der Waals surface area contributed by atoms with Crippen molar-refractivity contribution in [3.05, 3.63) is 43.8 Å². The summed E-state index contributed by atoms with van der Waals surface area (Å²) >= 11 is 14.6. The van der Waals surface area contributed by atoms with E-state index in [1.165, 1.54) is 0 Å². The highest BCUT2D eigenvalue weighted by atomic mass is 127. The average molecular weight is 519 g/mol. The number of hydrogen-bond donors (Lipinski definition) is 0. The van der Waals surface area contributed by atoms with Crippen LogP contribution in [0.5, 0.6) is 5.88 Å². The lowest BCUT2D eigenvalue weighted by atomic mass is 10.2. The van der Waals surface area contributed by atoms with Crippen molar-refractivity contribution in [2.75, 3.05) is 6.61 Å². The Morgan fingerprint density at radius 1 is 1.26 bits per heavy atom. The normalized spacial score (nSPS) is 18.6. The second-order valence-corrected chi connectivity index (χ2v) is 8.19. The van der Waals surface area contributed by atoms with Gasteiger partial charge in [-0.05, 0) is 54.8 Å². The van der Waals surface area contributed by atoms with Gasteiger partial charge in [0.15, 0.2) is 6.23 Å². The molecule has 1 unspecified atom stereocenters. The summed E-state index contributed by atoms with van der Waals surface area (Å²) in [5.41, 5.74) is 2.42. The minimum absolute atomic E-state index is 0.0355. The summed E-state index contributed by atoms with van der Waals surface area (Å²) in [7, 11) is 0. The fourth-order valence-electron chi connectivity index (χ4n) is 3.22. The molecule has 0 spiro atoms. The molecule has 0 N–H and O–H groups in total. The Morgan fingerprint density at radius 2 is 2.04 bits per heavy atom. The van der Waals surface area contributed by atoms with E-state index >= 15 is 0 Å². The van der Waals surface area contributed by atoms with E-state index < -0.39 is 0 Å². The standard InChI is InChI=1S/C18H17Cl2IN4O2/c1-10(16-11(19)8-22-9-12(16)20)27-14-6-5-13-17(23-14)18(21)24-25(13)15-4-2-3-7-26-15/h5-6,8-10,15H,2-4,7H2,1H3/t10-,15?/m1/s1. The number of halogens is 3. The van der Waals surface area contributed by atoms with Crippen molar-refractivity contribution < 1.29 is 9.47 Å². The quantitative estimate of drug-likeness (QED) is 0.422. The zero-order chi connectivity index (χ0) is 19.0. The summed E-state index contributed by atoms with van der Waals surface area (Å²) in [6.07, 6.45) is 5.90. The van der Waals surface area contributed by atoms with Gasteiger partial charge in [-0.25, -0.2) is 9.67 Å². The fraction of sp³-hybridized carbons (Fsp3) is 0.389. The lowest BCUT2D eigenvalue weighted by Crippen LogP contribution is -2.19. The molecule has 1 aliphatic rings. The summed E-state index contributed by atoms with van der Waals surface area (Å²) in [5.74, 6) is 0.487. The van der Waals surface area contributed by atoms with Gasteiger partial charge < -0.3 is 9.47 Å². The van der Waals surface area contributed by atoms with Crippen LogP contribution in [0.25, 0.3) is 11.0 Å². The van der Waals surface area contributed by atoms with Crippen LogP contribution in [0.15, 0.2) is 24.5 Å². The first-order chi connectivity index (χ1) is 13.0. The van der Waals surface area contributed by atoms with Crippen molar-refractivity contribution in [3.63, 3.8) is 0 Å². The van der Waals surface area contributed by atoms with Crippen LogP contribution >= 0.6 is 45.8 Å². The predicted octanol–water partition coefficient (Wildman–Crippen LogP) is 5.58. The summed E-state index contributed by atoms with van der Waals surface area (Å²) in [6, 6.07) is 3.80. The monoisotopic (exact) mass is 518 g/mol. The molecule has 0 aromatic carbocycles. The molecule has 0 radical (unpaired) electrons. The molecule has 0 bridgehead atoms. The number of rotatable bonds is 4. The van der Waals surface area contributed by atoms with Gasteiger partial charge in [-0.15, -0.1) is 0 Å². The molecule has 4 rings (SSSR count). The van der Waals surface area contributed by atoms with E-state index in [1.807, 2.05) is 23.7 Å². The molecule has 27 heavy (non-hydrogen) atoms. The summed E-state index contributed by atoms with van der Waals surface area (Å²) in [6.45, 7) is 2.64. The Morgan fingerprint density at radius 3 is 2.74 bits per heavy atom. The maximum Gasteiger partial charge on any atom is 0.214 e. The van der Waals surface area contributed by atoms with Gasteiger partial charge in [0.1, 0.15) is 15.3 Å². The molecule has 1 saturated heterocycles. The van der Waals surface area contributed by atoms with Gasteiger partial charge in [-0.2, -0.15) is 5.10 Å². The van der Waals surface area contributed by atoms with E-state index in [-0.39, 0.29) is 12.3 Å². The zero-order valence-electron chi connectivity index (χ0n) is 14.5. The largest absolute Gasteiger partial charge is 0.470 e. The maximum atomic E-state index is 6.22. The zero-order valence-corrected chi connectivity index (χ0v) is 18.2. The van der Waals surface area contributed by atoms with Gasteiger partial charge in [0.25, 0.3) is 0 Å². The SMILES string of the molecule is C[C@@H](Oc1ccc2c(n1)c(I)nn2C1CCCCO1)c1c(Cl)cncc1Cl. The molecular weight excluding hydrogens is 502 g/mol. The van der Waals surface area contributed by atoms with Crippen molar-refractivity contribution in [2.24, 2.45) is 0 Å². The first kappa shape index (κ1) is 19.2. The van der Waals surface area contributed by atoms with Gasteiger partial charge in [-0.1, -0.05) is 23.2 Å². The smallest absolute Gasteiger partial charge is 0.214 e. The third kappa shape index (κ3) is 3.87. The molecule has 4 heterocycles. The van der Waals surface area contributed by atoms with Crippen LogP contribution in [0.1, 0.15) is 44.1 Å². The van der Waals surface area contributed by atoms with E-state index in [4.69, 9.17) is 32.7 Å². The van der Waals surface area contributed by atoms with Crippen molar-refractivity contribution >= 4 is 56.8 Å². The molecule has 3 aromatic rings. The molecule has 1 aliphatic heterocycles. The van der Waals surface area contributed by atoms with Crippen LogP contribution in [0, 0.1) is 3.70 Å². The number of hydrogen-bond acceptors (Lipinski definition) is 5. The third-order valence-electron chi connectivity index (χ3n) is 4.51. The summed E-state index contributed by atoms with van der Waals surface area (Å²) < 4.78 is 14.6. The van der Waals surface area contributed by atoms with Crippen LogP contribution in [-0.2, 0) is 4.74 Å². The van der Waals surface area contributed by atoms with Crippen molar-refractivity contribution in [1.82, 2.24) is 19.7 Å². The average Bonchev–Trinajstić information content (AvgIpc) is 2.99. The Hall–Kier alpha value is -1.16. The lowest BCUT2D eigenvalue weighted by Gasteiger charge is -2.23. The van der Waals surface area contributed by atoms with Crippen LogP contribution in [0.2, 0.25) is 10.0 Å². The van der Waals surface area contributed by atoms with E-state index in [0.29, 0.717) is 21.5 Å².